The molecule has 1 amide bonds. The molecule has 26 heavy (non-hydrogen) atoms. The molecular formula is C15H14F2N4O5. The summed E-state index contributed by atoms with van der Waals surface area (Å²) < 4.78 is 27.4. The second-order valence-electron chi connectivity index (χ2n) is 5.36. The van der Waals surface area contributed by atoms with E-state index >= 15 is 0 Å². The monoisotopic (exact) mass is 368 g/mol. The lowest BCUT2D eigenvalue weighted by Gasteiger charge is -2.22. The van der Waals surface area contributed by atoms with Crippen molar-refractivity contribution in [3.63, 3.8) is 0 Å². The van der Waals surface area contributed by atoms with Crippen LogP contribution in [-0.2, 0) is 22.7 Å². The minimum absolute atomic E-state index is 0.146. The van der Waals surface area contributed by atoms with Crippen LogP contribution in [0.5, 0.6) is 0 Å². The Hall–Kier alpha value is -3.37. The zero-order chi connectivity index (χ0) is 19.3. The van der Waals surface area contributed by atoms with Gasteiger partial charge in [-0.15, -0.1) is 0 Å². The molecule has 0 fully saturated rings. The molecule has 0 saturated carbocycles. The number of aliphatic carboxylic acids is 1. The van der Waals surface area contributed by atoms with E-state index in [4.69, 9.17) is 5.11 Å². The predicted molar refractivity (Wildman–Crippen MR) is 82.9 cm³/mol. The van der Waals surface area contributed by atoms with Crippen LogP contribution in [-0.4, -0.2) is 43.1 Å². The predicted octanol–water partition coefficient (Wildman–Crippen LogP) is 1.57. The number of carbonyl (C=O) groups is 2. The number of carboxylic acid groups (broad SMARTS) is 1. The van der Waals surface area contributed by atoms with E-state index in [1.807, 2.05) is 0 Å². The Kier molecular flexibility index (Phi) is 5.94. The highest BCUT2D eigenvalue weighted by Crippen LogP contribution is 2.13. The molecular weight excluding hydrogens is 354 g/mol. The number of benzene rings is 1. The van der Waals surface area contributed by atoms with Crippen LogP contribution in [0.1, 0.15) is 12.0 Å². The molecule has 0 radical (unpaired) electrons. The average molecular weight is 368 g/mol. The Bertz CT molecular complexity index is 839. The average Bonchev–Trinajstić information content (AvgIpc) is 3.03. The van der Waals surface area contributed by atoms with Crippen molar-refractivity contribution in [2.45, 2.75) is 19.5 Å². The molecule has 9 nitrogen and oxygen atoms in total. The number of hydrogen-bond donors (Lipinski definition) is 1. The Morgan fingerprint density at radius 2 is 2.04 bits per heavy atom. The van der Waals surface area contributed by atoms with Crippen LogP contribution in [0.25, 0.3) is 0 Å². The van der Waals surface area contributed by atoms with Crippen LogP contribution in [0.4, 0.5) is 14.5 Å². The largest absolute Gasteiger partial charge is 0.481 e. The summed E-state index contributed by atoms with van der Waals surface area (Å²) in [5.74, 6) is -3.84. The first-order valence-electron chi connectivity index (χ1n) is 7.36. The third kappa shape index (κ3) is 5.06. The molecule has 0 aliphatic heterocycles. The van der Waals surface area contributed by atoms with Gasteiger partial charge in [0.05, 0.1) is 11.3 Å². The van der Waals surface area contributed by atoms with Gasteiger partial charge in [0.1, 0.15) is 18.9 Å². The minimum Gasteiger partial charge on any atom is -0.481 e. The van der Waals surface area contributed by atoms with Crippen molar-refractivity contribution in [1.82, 2.24) is 14.7 Å². The Morgan fingerprint density at radius 3 is 2.62 bits per heavy atom. The number of carbonyl (C=O) groups excluding carboxylic acids is 1. The highest BCUT2D eigenvalue weighted by atomic mass is 19.2. The van der Waals surface area contributed by atoms with Gasteiger partial charge >= 0.3 is 11.7 Å². The van der Waals surface area contributed by atoms with Crippen molar-refractivity contribution in [2.24, 2.45) is 0 Å². The van der Waals surface area contributed by atoms with Crippen molar-refractivity contribution in [3.05, 3.63) is 57.9 Å². The van der Waals surface area contributed by atoms with E-state index in [1.165, 1.54) is 6.07 Å². The number of rotatable bonds is 8. The van der Waals surface area contributed by atoms with Gasteiger partial charge < -0.3 is 10.0 Å². The van der Waals surface area contributed by atoms with Gasteiger partial charge in [0.2, 0.25) is 5.91 Å². The molecule has 2 rings (SSSR count). The molecule has 11 heteroatoms. The van der Waals surface area contributed by atoms with E-state index in [0.29, 0.717) is 0 Å². The number of carboxylic acids is 1. The molecule has 0 unspecified atom stereocenters. The third-order valence-electron chi connectivity index (χ3n) is 3.43. The molecule has 0 spiro atoms. The van der Waals surface area contributed by atoms with E-state index in [0.717, 1.165) is 34.1 Å². The Balaban J connectivity index is 2.13. The standard InChI is InChI=1S/C15H14F2N4O5/c16-12-2-1-10(5-13(12)17)7-19(4-3-15(23)24)14(22)9-20-8-11(6-18-20)21(25)26/h1-2,5-6,8H,3-4,7,9H2,(H,23,24). The van der Waals surface area contributed by atoms with Gasteiger partial charge in [-0.2, -0.15) is 5.10 Å². The zero-order valence-electron chi connectivity index (χ0n) is 13.3. The zero-order valence-corrected chi connectivity index (χ0v) is 13.3. The van der Waals surface area contributed by atoms with E-state index in [9.17, 15) is 28.5 Å². The molecule has 0 bridgehead atoms. The summed E-state index contributed by atoms with van der Waals surface area (Å²) >= 11 is 0. The fourth-order valence-electron chi connectivity index (χ4n) is 2.15. The quantitative estimate of drug-likeness (QED) is 0.558. The lowest BCUT2D eigenvalue weighted by molar-refractivity contribution is -0.385. The highest BCUT2D eigenvalue weighted by molar-refractivity contribution is 5.77. The highest BCUT2D eigenvalue weighted by Gasteiger charge is 2.18. The second kappa shape index (κ2) is 8.14. The maximum Gasteiger partial charge on any atom is 0.307 e. The molecule has 1 aromatic heterocycles. The van der Waals surface area contributed by atoms with Crippen molar-refractivity contribution < 1.29 is 28.4 Å². The van der Waals surface area contributed by atoms with Crippen molar-refractivity contribution >= 4 is 17.6 Å². The fraction of sp³-hybridized carbons (Fsp3) is 0.267. The third-order valence-corrected chi connectivity index (χ3v) is 3.43. The molecule has 0 aliphatic rings. The van der Waals surface area contributed by atoms with Crippen molar-refractivity contribution in [1.29, 1.82) is 0 Å². The first kappa shape index (κ1) is 19.0. The number of nitrogens with zero attached hydrogens (tertiary/aromatic N) is 4. The maximum absolute atomic E-state index is 13.3. The fourth-order valence-corrected chi connectivity index (χ4v) is 2.15. The van der Waals surface area contributed by atoms with Gasteiger partial charge in [-0.3, -0.25) is 24.4 Å². The normalized spacial score (nSPS) is 10.5. The summed E-state index contributed by atoms with van der Waals surface area (Å²) in [4.78, 5) is 34.3. The van der Waals surface area contributed by atoms with Crippen LogP contribution in [0.15, 0.2) is 30.6 Å². The van der Waals surface area contributed by atoms with E-state index in [1.54, 1.807) is 0 Å². The molecule has 2 aromatic rings. The number of aromatic nitrogens is 2. The number of amides is 1. The first-order valence-corrected chi connectivity index (χ1v) is 7.36. The topological polar surface area (TPSA) is 119 Å². The Labute approximate surface area is 145 Å². The SMILES string of the molecule is O=C(O)CCN(Cc1ccc(F)c(F)c1)C(=O)Cn1cc([N+](=O)[O-])cn1. The number of hydrogen-bond acceptors (Lipinski definition) is 5. The molecule has 0 saturated heterocycles. The Morgan fingerprint density at radius 1 is 1.31 bits per heavy atom. The summed E-state index contributed by atoms with van der Waals surface area (Å²) in [6, 6.07) is 3.09. The number of halogens is 2. The second-order valence-corrected chi connectivity index (χ2v) is 5.36. The lowest BCUT2D eigenvalue weighted by atomic mass is 10.2. The maximum atomic E-state index is 13.3. The van der Waals surface area contributed by atoms with Crippen LogP contribution in [0.3, 0.4) is 0 Å². The molecule has 1 heterocycles. The van der Waals surface area contributed by atoms with Gasteiger partial charge in [0.15, 0.2) is 11.6 Å². The van der Waals surface area contributed by atoms with Crippen LogP contribution < -0.4 is 0 Å². The van der Waals surface area contributed by atoms with E-state index in [2.05, 4.69) is 5.10 Å². The summed E-state index contributed by atoms with van der Waals surface area (Å²) in [5, 5.41) is 23.1. The van der Waals surface area contributed by atoms with Crippen molar-refractivity contribution in [2.75, 3.05) is 6.54 Å². The number of nitro groups is 1. The molecule has 138 valence electrons. The van der Waals surface area contributed by atoms with E-state index < -0.39 is 28.4 Å². The lowest BCUT2D eigenvalue weighted by Crippen LogP contribution is -2.35. The first-order chi connectivity index (χ1) is 12.3. The smallest absolute Gasteiger partial charge is 0.307 e. The summed E-state index contributed by atoms with van der Waals surface area (Å²) in [5.41, 5.74) is -0.0235. The van der Waals surface area contributed by atoms with Gasteiger partial charge in [-0.05, 0) is 17.7 Å². The van der Waals surface area contributed by atoms with E-state index in [-0.39, 0.29) is 37.3 Å². The van der Waals surface area contributed by atoms with Gasteiger partial charge in [-0.1, -0.05) is 6.07 Å². The van der Waals surface area contributed by atoms with Gasteiger partial charge in [0.25, 0.3) is 0 Å². The van der Waals surface area contributed by atoms with Crippen LogP contribution in [0.2, 0.25) is 0 Å². The molecule has 0 aliphatic carbocycles. The molecule has 1 aromatic carbocycles. The van der Waals surface area contributed by atoms with Crippen LogP contribution >= 0.6 is 0 Å². The minimum atomic E-state index is -1.14. The van der Waals surface area contributed by atoms with Gasteiger partial charge in [-0.25, -0.2) is 8.78 Å². The summed E-state index contributed by atoms with van der Waals surface area (Å²) in [6.45, 7) is -0.680. The molecule has 0 atom stereocenters. The van der Waals surface area contributed by atoms with Crippen LogP contribution in [0, 0.1) is 21.7 Å². The van der Waals surface area contributed by atoms with Gasteiger partial charge in [0, 0.05) is 13.1 Å². The summed E-state index contributed by atoms with van der Waals surface area (Å²) in [6.07, 6.45) is 1.68. The molecule has 1 N–H and O–H groups in total. The summed E-state index contributed by atoms with van der Waals surface area (Å²) in [7, 11) is 0. The van der Waals surface area contributed by atoms with Crippen molar-refractivity contribution in [3.8, 4) is 0 Å².